The molecule has 3 nitrogen and oxygen atoms in total. The lowest BCUT2D eigenvalue weighted by Crippen LogP contribution is -1.94. The molecule has 0 aromatic heterocycles. The molecule has 0 heterocycles. The maximum absolute atomic E-state index is 9.95. The van der Waals surface area contributed by atoms with Crippen LogP contribution in [0.1, 0.15) is 22.8 Å². The molecule has 0 aliphatic rings. The van der Waals surface area contributed by atoms with E-state index in [2.05, 4.69) is 17.0 Å². The first-order valence-electron chi connectivity index (χ1n) is 5.81. The van der Waals surface area contributed by atoms with Crippen LogP contribution in [0, 0.1) is 11.8 Å². The number of benzene rings is 2. The minimum Gasteiger partial charge on any atom is -0.411 e. The Hall–Kier alpha value is -2.57. The number of rotatable bonds is 2. The molecule has 1 unspecified atom stereocenters. The van der Waals surface area contributed by atoms with Gasteiger partial charge in [0.25, 0.3) is 0 Å². The van der Waals surface area contributed by atoms with Gasteiger partial charge in [0.1, 0.15) is 6.10 Å². The molecule has 19 heavy (non-hydrogen) atoms. The van der Waals surface area contributed by atoms with Gasteiger partial charge in [0.05, 0.1) is 6.21 Å². The molecule has 0 fully saturated rings. The fourth-order valence-electron chi connectivity index (χ4n) is 1.59. The van der Waals surface area contributed by atoms with Crippen LogP contribution < -0.4 is 0 Å². The normalized spacial score (nSPS) is 11.8. The third kappa shape index (κ3) is 3.70. The fraction of sp³-hybridized carbons (Fsp3) is 0.0625. The van der Waals surface area contributed by atoms with E-state index in [-0.39, 0.29) is 0 Å². The van der Waals surface area contributed by atoms with Gasteiger partial charge in [-0.3, -0.25) is 0 Å². The van der Waals surface area contributed by atoms with E-state index in [9.17, 15) is 5.11 Å². The van der Waals surface area contributed by atoms with Crippen LogP contribution >= 0.6 is 0 Å². The third-order valence-electron chi connectivity index (χ3n) is 2.59. The van der Waals surface area contributed by atoms with Crippen LogP contribution in [0.25, 0.3) is 0 Å². The van der Waals surface area contributed by atoms with E-state index in [1.807, 2.05) is 30.3 Å². The zero-order valence-electron chi connectivity index (χ0n) is 10.2. The quantitative estimate of drug-likeness (QED) is 0.373. The monoisotopic (exact) mass is 251 g/mol. The Morgan fingerprint density at radius 1 is 1.00 bits per heavy atom. The van der Waals surface area contributed by atoms with Crippen LogP contribution in [0.4, 0.5) is 0 Å². The third-order valence-corrected chi connectivity index (χ3v) is 2.59. The lowest BCUT2D eigenvalue weighted by atomic mass is 10.1. The van der Waals surface area contributed by atoms with E-state index in [1.54, 1.807) is 24.3 Å². The van der Waals surface area contributed by atoms with E-state index in [0.29, 0.717) is 5.56 Å². The summed E-state index contributed by atoms with van der Waals surface area (Å²) in [5, 5.41) is 21.3. The van der Waals surface area contributed by atoms with Gasteiger partial charge in [-0.05, 0) is 23.3 Å². The van der Waals surface area contributed by atoms with Gasteiger partial charge in [0.2, 0.25) is 0 Å². The van der Waals surface area contributed by atoms with Crippen molar-refractivity contribution in [1.82, 2.24) is 0 Å². The lowest BCUT2D eigenvalue weighted by Gasteiger charge is -2.03. The summed E-state index contributed by atoms with van der Waals surface area (Å²) in [5.41, 5.74) is 2.33. The van der Waals surface area contributed by atoms with E-state index in [4.69, 9.17) is 5.21 Å². The second kappa shape index (κ2) is 6.39. The highest BCUT2D eigenvalue weighted by Crippen LogP contribution is 2.12. The molecular formula is C16H13NO2. The van der Waals surface area contributed by atoms with Crippen LogP contribution in [0.2, 0.25) is 0 Å². The summed E-state index contributed by atoms with van der Waals surface area (Å²) < 4.78 is 0. The molecule has 3 heteroatoms. The Morgan fingerprint density at radius 3 is 2.32 bits per heavy atom. The molecule has 94 valence electrons. The van der Waals surface area contributed by atoms with Crippen molar-refractivity contribution < 1.29 is 10.3 Å². The molecule has 0 aliphatic carbocycles. The summed E-state index contributed by atoms with van der Waals surface area (Å²) in [4.78, 5) is 0. The molecular weight excluding hydrogens is 238 g/mol. The van der Waals surface area contributed by atoms with Crippen molar-refractivity contribution in [2.24, 2.45) is 5.16 Å². The van der Waals surface area contributed by atoms with E-state index in [1.165, 1.54) is 6.21 Å². The molecule has 0 bridgehead atoms. The van der Waals surface area contributed by atoms with Crippen LogP contribution in [0.5, 0.6) is 0 Å². The zero-order valence-corrected chi connectivity index (χ0v) is 10.2. The molecule has 2 aromatic rings. The molecule has 0 radical (unpaired) electrons. The fourth-order valence-corrected chi connectivity index (χ4v) is 1.59. The van der Waals surface area contributed by atoms with Crippen molar-refractivity contribution in [2.75, 3.05) is 0 Å². The largest absolute Gasteiger partial charge is 0.411 e. The van der Waals surface area contributed by atoms with Crippen molar-refractivity contribution in [1.29, 1.82) is 0 Å². The van der Waals surface area contributed by atoms with Crippen molar-refractivity contribution in [3.05, 3.63) is 71.3 Å². The topological polar surface area (TPSA) is 52.8 Å². The van der Waals surface area contributed by atoms with E-state index in [0.717, 1.165) is 11.1 Å². The molecule has 1 atom stereocenters. The SMILES string of the molecule is O/N=C\c1ccc(C(O)C#Cc2ccccc2)cc1. The number of oxime groups is 1. The highest BCUT2D eigenvalue weighted by Gasteiger charge is 2.02. The smallest absolute Gasteiger partial charge is 0.140 e. The summed E-state index contributed by atoms with van der Waals surface area (Å²) in [6.45, 7) is 0. The Labute approximate surface area is 111 Å². The Morgan fingerprint density at radius 2 is 1.68 bits per heavy atom. The summed E-state index contributed by atoms with van der Waals surface area (Å²) in [5.74, 6) is 5.71. The maximum Gasteiger partial charge on any atom is 0.140 e. The molecule has 0 saturated heterocycles. The summed E-state index contributed by atoms with van der Waals surface area (Å²) in [6, 6.07) is 16.5. The Bertz CT molecular complexity index is 607. The van der Waals surface area contributed by atoms with Gasteiger partial charge in [0, 0.05) is 5.56 Å². The molecule has 2 aromatic carbocycles. The zero-order chi connectivity index (χ0) is 13.5. The molecule has 0 spiro atoms. The van der Waals surface area contributed by atoms with Gasteiger partial charge in [-0.2, -0.15) is 0 Å². The molecule has 2 N–H and O–H groups in total. The lowest BCUT2D eigenvalue weighted by molar-refractivity contribution is 0.238. The predicted molar refractivity (Wildman–Crippen MR) is 74.1 cm³/mol. The second-order valence-corrected chi connectivity index (χ2v) is 3.95. The summed E-state index contributed by atoms with van der Waals surface area (Å²) >= 11 is 0. The highest BCUT2D eigenvalue weighted by molar-refractivity contribution is 5.79. The van der Waals surface area contributed by atoms with Gasteiger partial charge >= 0.3 is 0 Å². The van der Waals surface area contributed by atoms with Gasteiger partial charge in [-0.1, -0.05) is 59.5 Å². The van der Waals surface area contributed by atoms with Gasteiger partial charge < -0.3 is 10.3 Å². The van der Waals surface area contributed by atoms with E-state index >= 15 is 0 Å². The number of hydrogen-bond donors (Lipinski definition) is 2. The molecule has 2 rings (SSSR count). The number of aliphatic hydroxyl groups is 1. The van der Waals surface area contributed by atoms with Gasteiger partial charge in [-0.25, -0.2) is 0 Å². The molecule has 0 amide bonds. The maximum atomic E-state index is 9.95. The number of aliphatic hydroxyl groups excluding tert-OH is 1. The summed E-state index contributed by atoms with van der Waals surface area (Å²) in [7, 11) is 0. The van der Waals surface area contributed by atoms with Crippen LogP contribution in [0.15, 0.2) is 59.8 Å². The minimum absolute atomic E-state index is 0.707. The molecule has 0 saturated carbocycles. The van der Waals surface area contributed by atoms with Gasteiger partial charge in [-0.15, -0.1) is 0 Å². The van der Waals surface area contributed by atoms with Gasteiger partial charge in [0.15, 0.2) is 0 Å². The first kappa shape index (κ1) is 12.9. The van der Waals surface area contributed by atoms with E-state index < -0.39 is 6.10 Å². The number of hydrogen-bond acceptors (Lipinski definition) is 3. The van der Waals surface area contributed by atoms with Crippen molar-refractivity contribution >= 4 is 6.21 Å². The standard InChI is InChI=1S/C16H13NO2/c18-16(11-8-13-4-2-1-3-5-13)15-9-6-14(7-10-15)12-17-19/h1-7,9-10,12,16,18-19H/b17-12-. The van der Waals surface area contributed by atoms with Crippen LogP contribution in [-0.4, -0.2) is 16.5 Å². The Kier molecular flexibility index (Phi) is 4.33. The average molecular weight is 251 g/mol. The Balaban J connectivity index is 2.12. The minimum atomic E-state index is -0.833. The van der Waals surface area contributed by atoms with Crippen LogP contribution in [0.3, 0.4) is 0 Å². The first-order chi connectivity index (χ1) is 9.29. The first-order valence-corrected chi connectivity index (χ1v) is 5.81. The van der Waals surface area contributed by atoms with Crippen LogP contribution in [-0.2, 0) is 0 Å². The van der Waals surface area contributed by atoms with Crippen molar-refractivity contribution in [3.8, 4) is 11.8 Å². The van der Waals surface area contributed by atoms with Crippen molar-refractivity contribution in [2.45, 2.75) is 6.10 Å². The average Bonchev–Trinajstić information content (AvgIpc) is 2.47. The molecule has 0 aliphatic heterocycles. The van der Waals surface area contributed by atoms with Crippen molar-refractivity contribution in [3.63, 3.8) is 0 Å². The number of nitrogens with zero attached hydrogens (tertiary/aromatic N) is 1. The highest BCUT2D eigenvalue weighted by atomic mass is 16.4. The second-order valence-electron chi connectivity index (χ2n) is 3.95. The summed E-state index contributed by atoms with van der Waals surface area (Å²) in [6.07, 6.45) is 0.492. The predicted octanol–water partition coefficient (Wildman–Crippen LogP) is 2.58.